The van der Waals surface area contributed by atoms with Gasteiger partial charge in [-0.2, -0.15) is 5.10 Å². The molecule has 1 rings (SSSR count). The second-order valence-electron chi connectivity index (χ2n) is 4.09. The Morgan fingerprint density at radius 2 is 2.12 bits per heavy atom. The van der Waals surface area contributed by atoms with Crippen molar-refractivity contribution < 1.29 is 4.74 Å². The van der Waals surface area contributed by atoms with Crippen molar-refractivity contribution >= 4 is 0 Å². The number of aromatic nitrogens is 3. The van der Waals surface area contributed by atoms with Crippen LogP contribution in [0.3, 0.4) is 0 Å². The highest BCUT2D eigenvalue weighted by atomic mass is 16.5. The summed E-state index contributed by atoms with van der Waals surface area (Å²) in [4.78, 5) is 4.19. The smallest absolute Gasteiger partial charge is 0.138 e. The van der Waals surface area contributed by atoms with E-state index >= 15 is 0 Å². The molecule has 0 aliphatic carbocycles. The van der Waals surface area contributed by atoms with Gasteiger partial charge in [-0.3, -0.25) is 4.68 Å². The lowest BCUT2D eigenvalue weighted by molar-refractivity contribution is -0.0379. The van der Waals surface area contributed by atoms with Crippen LogP contribution in [0.5, 0.6) is 0 Å². The molecule has 0 amide bonds. The zero-order chi connectivity index (χ0) is 12.2. The third-order valence-electron chi connectivity index (χ3n) is 3.49. The van der Waals surface area contributed by atoms with E-state index in [2.05, 4.69) is 23.9 Å². The molecule has 0 aliphatic rings. The van der Waals surface area contributed by atoms with E-state index < -0.39 is 0 Å². The van der Waals surface area contributed by atoms with Crippen LogP contribution in [0.4, 0.5) is 0 Å². The molecule has 5 nitrogen and oxygen atoms in total. The number of rotatable bonds is 6. The van der Waals surface area contributed by atoms with Crippen LogP contribution in [-0.2, 0) is 18.2 Å². The first-order chi connectivity index (χ1) is 7.59. The van der Waals surface area contributed by atoms with Gasteiger partial charge in [-0.05, 0) is 12.8 Å². The van der Waals surface area contributed by atoms with Crippen LogP contribution in [0.15, 0.2) is 6.33 Å². The average Bonchev–Trinajstić information content (AvgIpc) is 2.68. The number of nitrogens with two attached hydrogens (primary N) is 1. The van der Waals surface area contributed by atoms with Crippen molar-refractivity contribution in [2.45, 2.75) is 44.8 Å². The maximum Gasteiger partial charge on any atom is 0.138 e. The predicted molar refractivity (Wildman–Crippen MR) is 63.0 cm³/mol. The first-order valence-electron chi connectivity index (χ1n) is 5.73. The van der Waals surface area contributed by atoms with Crippen LogP contribution in [0.1, 0.15) is 32.5 Å². The molecule has 1 unspecified atom stereocenters. The van der Waals surface area contributed by atoms with Gasteiger partial charge in [0.15, 0.2) is 0 Å². The van der Waals surface area contributed by atoms with Gasteiger partial charge in [0.2, 0.25) is 0 Å². The Balaban J connectivity index is 2.77. The van der Waals surface area contributed by atoms with Gasteiger partial charge in [-0.15, -0.1) is 0 Å². The summed E-state index contributed by atoms with van der Waals surface area (Å²) >= 11 is 0. The van der Waals surface area contributed by atoms with E-state index in [-0.39, 0.29) is 11.6 Å². The topological polar surface area (TPSA) is 66.0 Å². The lowest BCUT2D eigenvalue weighted by Gasteiger charge is -2.36. The number of ether oxygens (including phenoxy) is 1. The zero-order valence-corrected chi connectivity index (χ0v) is 10.6. The van der Waals surface area contributed by atoms with Gasteiger partial charge in [-0.1, -0.05) is 13.8 Å². The van der Waals surface area contributed by atoms with Gasteiger partial charge >= 0.3 is 0 Å². The molecule has 0 aliphatic heterocycles. The van der Waals surface area contributed by atoms with E-state index in [1.165, 1.54) is 0 Å². The molecule has 1 aromatic rings. The highest BCUT2D eigenvalue weighted by molar-refractivity contribution is 4.97. The minimum atomic E-state index is -0.258. The molecular formula is C11H22N4O. The molecule has 0 bridgehead atoms. The van der Waals surface area contributed by atoms with Crippen molar-refractivity contribution in [3.63, 3.8) is 0 Å². The lowest BCUT2D eigenvalue weighted by Crippen LogP contribution is -2.50. The third-order valence-corrected chi connectivity index (χ3v) is 3.49. The number of methoxy groups -OCH3 is 1. The molecule has 0 aromatic carbocycles. The fourth-order valence-corrected chi connectivity index (χ4v) is 2.10. The molecule has 0 saturated carbocycles. The fraction of sp³-hybridized carbons (Fsp3) is 0.818. The van der Waals surface area contributed by atoms with Crippen LogP contribution in [0, 0.1) is 0 Å². The van der Waals surface area contributed by atoms with E-state index in [4.69, 9.17) is 10.5 Å². The summed E-state index contributed by atoms with van der Waals surface area (Å²) in [7, 11) is 3.60. The molecule has 1 aromatic heterocycles. The minimum Gasteiger partial charge on any atom is -0.377 e. The summed E-state index contributed by atoms with van der Waals surface area (Å²) in [5.74, 6) is 0.899. The number of hydrogen-bond acceptors (Lipinski definition) is 4. The molecule has 0 fully saturated rings. The lowest BCUT2D eigenvalue weighted by atomic mass is 9.86. The first kappa shape index (κ1) is 13.1. The molecule has 2 N–H and O–H groups in total. The zero-order valence-electron chi connectivity index (χ0n) is 10.6. The van der Waals surface area contributed by atoms with E-state index in [9.17, 15) is 0 Å². The van der Waals surface area contributed by atoms with Crippen LogP contribution in [0.2, 0.25) is 0 Å². The van der Waals surface area contributed by atoms with Gasteiger partial charge in [0.25, 0.3) is 0 Å². The number of aryl methyl sites for hydroxylation is 1. The molecule has 92 valence electrons. The van der Waals surface area contributed by atoms with Gasteiger partial charge in [0.05, 0.1) is 5.60 Å². The molecular weight excluding hydrogens is 204 g/mol. The van der Waals surface area contributed by atoms with Crippen LogP contribution >= 0.6 is 0 Å². The van der Waals surface area contributed by atoms with Crippen molar-refractivity contribution in [2.75, 3.05) is 7.11 Å². The highest BCUT2D eigenvalue weighted by Gasteiger charge is 2.33. The summed E-state index contributed by atoms with van der Waals surface area (Å²) in [6.07, 6.45) is 4.04. The molecule has 1 heterocycles. The maximum absolute atomic E-state index is 6.24. The third kappa shape index (κ3) is 2.41. The Bertz CT molecular complexity index is 311. The monoisotopic (exact) mass is 226 g/mol. The summed E-state index contributed by atoms with van der Waals surface area (Å²) < 4.78 is 7.36. The molecule has 16 heavy (non-hydrogen) atoms. The Morgan fingerprint density at radius 3 is 2.50 bits per heavy atom. The molecule has 0 saturated heterocycles. The molecule has 5 heteroatoms. The van der Waals surface area contributed by atoms with Crippen molar-refractivity contribution in [1.82, 2.24) is 14.8 Å². The van der Waals surface area contributed by atoms with Crippen molar-refractivity contribution in [2.24, 2.45) is 12.8 Å². The Hall–Kier alpha value is -0.940. The Labute approximate surface area is 97.0 Å². The number of hydrogen-bond donors (Lipinski definition) is 1. The number of nitrogens with zero attached hydrogens (tertiary/aromatic N) is 3. The van der Waals surface area contributed by atoms with E-state index in [1.54, 1.807) is 18.1 Å². The molecule has 0 spiro atoms. The van der Waals surface area contributed by atoms with E-state index in [1.807, 2.05) is 7.05 Å². The van der Waals surface area contributed by atoms with Crippen molar-refractivity contribution in [3.8, 4) is 0 Å². The average molecular weight is 226 g/mol. The first-order valence-corrected chi connectivity index (χ1v) is 5.73. The fourth-order valence-electron chi connectivity index (χ4n) is 2.10. The highest BCUT2D eigenvalue weighted by Crippen LogP contribution is 2.24. The standard InChI is InChI=1S/C11H22N4O/c1-5-11(6-2,16-4)9(12)7-10-13-8-14-15(10)3/h8-9H,5-7,12H2,1-4H3. The van der Waals surface area contributed by atoms with Gasteiger partial charge in [0.1, 0.15) is 12.2 Å². The minimum absolute atomic E-state index is 0.0598. The molecule has 1 atom stereocenters. The van der Waals surface area contributed by atoms with Crippen molar-refractivity contribution in [1.29, 1.82) is 0 Å². The second-order valence-corrected chi connectivity index (χ2v) is 4.09. The second kappa shape index (κ2) is 5.41. The normalized spacial score (nSPS) is 14.1. The predicted octanol–water partition coefficient (Wildman–Crippen LogP) is 0.890. The van der Waals surface area contributed by atoms with Crippen LogP contribution in [0.25, 0.3) is 0 Å². The van der Waals surface area contributed by atoms with Crippen LogP contribution < -0.4 is 5.73 Å². The maximum atomic E-state index is 6.24. The largest absolute Gasteiger partial charge is 0.377 e. The van der Waals surface area contributed by atoms with Gasteiger partial charge < -0.3 is 10.5 Å². The van der Waals surface area contributed by atoms with Crippen molar-refractivity contribution in [3.05, 3.63) is 12.2 Å². The Morgan fingerprint density at radius 1 is 1.50 bits per heavy atom. The SMILES string of the molecule is CCC(CC)(OC)C(N)Cc1ncnn1C. The summed E-state index contributed by atoms with van der Waals surface area (Å²) in [6, 6.07) is -0.0598. The summed E-state index contributed by atoms with van der Waals surface area (Å²) in [6.45, 7) is 4.20. The van der Waals surface area contributed by atoms with Gasteiger partial charge in [-0.25, -0.2) is 4.98 Å². The van der Waals surface area contributed by atoms with Crippen LogP contribution in [-0.4, -0.2) is 33.5 Å². The van der Waals surface area contributed by atoms with Gasteiger partial charge in [0, 0.05) is 26.6 Å². The van der Waals surface area contributed by atoms with E-state index in [0.717, 1.165) is 18.7 Å². The Kier molecular flexibility index (Phi) is 4.44. The molecule has 0 radical (unpaired) electrons. The summed E-state index contributed by atoms with van der Waals surface area (Å²) in [5, 5.41) is 4.04. The summed E-state index contributed by atoms with van der Waals surface area (Å²) in [5.41, 5.74) is 5.98. The quantitative estimate of drug-likeness (QED) is 0.782. The van der Waals surface area contributed by atoms with E-state index in [0.29, 0.717) is 6.42 Å².